The second-order valence-corrected chi connectivity index (χ2v) is 4.62. The SMILES string of the molecule is CCC1=NCC(C)=C1.CCc1cccs1. The van der Waals surface area contributed by atoms with Crippen LogP contribution in [0.5, 0.6) is 0 Å². The van der Waals surface area contributed by atoms with Crippen LogP contribution in [0, 0.1) is 0 Å². The lowest BCUT2D eigenvalue weighted by atomic mass is 10.2. The Labute approximate surface area is 96.6 Å². The molecule has 2 rings (SSSR count). The zero-order valence-electron chi connectivity index (χ0n) is 9.79. The van der Waals surface area contributed by atoms with Gasteiger partial charge >= 0.3 is 0 Å². The maximum atomic E-state index is 4.26. The van der Waals surface area contributed by atoms with Crippen molar-refractivity contribution in [3.63, 3.8) is 0 Å². The number of aryl methyl sites for hydroxylation is 1. The van der Waals surface area contributed by atoms with Crippen molar-refractivity contribution in [3.8, 4) is 0 Å². The highest BCUT2D eigenvalue weighted by atomic mass is 32.1. The smallest absolute Gasteiger partial charge is 0.0603 e. The van der Waals surface area contributed by atoms with E-state index in [2.05, 4.69) is 49.4 Å². The molecule has 0 radical (unpaired) electrons. The second-order valence-electron chi connectivity index (χ2n) is 3.58. The highest BCUT2D eigenvalue weighted by molar-refractivity contribution is 7.09. The van der Waals surface area contributed by atoms with E-state index in [1.807, 2.05) is 11.3 Å². The van der Waals surface area contributed by atoms with Crippen molar-refractivity contribution in [1.29, 1.82) is 0 Å². The van der Waals surface area contributed by atoms with Gasteiger partial charge < -0.3 is 0 Å². The Morgan fingerprint density at radius 3 is 2.40 bits per heavy atom. The molecular weight excluding hydrogens is 202 g/mol. The van der Waals surface area contributed by atoms with Gasteiger partial charge in [-0.05, 0) is 37.3 Å². The summed E-state index contributed by atoms with van der Waals surface area (Å²) in [4.78, 5) is 5.73. The monoisotopic (exact) mass is 221 g/mol. The van der Waals surface area contributed by atoms with Gasteiger partial charge in [0.25, 0.3) is 0 Å². The van der Waals surface area contributed by atoms with Crippen molar-refractivity contribution in [2.45, 2.75) is 33.6 Å². The zero-order valence-corrected chi connectivity index (χ0v) is 10.6. The van der Waals surface area contributed by atoms with E-state index in [0.717, 1.165) is 13.0 Å². The van der Waals surface area contributed by atoms with E-state index in [0.29, 0.717) is 0 Å². The van der Waals surface area contributed by atoms with E-state index in [1.54, 1.807) is 0 Å². The fourth-order valence-corrected chi connectivity index (χ4v) is 1.99. The Kier molecular flexibility index (Phi) is 5.33. The summed E-state index contributed by atoms with van der Waals surface area (Å²) in [5.74, 6) is 0. The average Bonchev–Trinajstić information content (AvgIpc) is 2.88. The fourth-order valence-electron chi connectivity index (χ4n) is 1.33. The third kappa shape index (κ3) is 4.43. The van der Waals surface area contributed by atoms with Crippen LogP contribution >= 0.6 is 11.3 Å². The fraction of sp³-hybridized carbons (Fsp3) is 0.462. The Hall–Kier alpha value is -0.890. The van der Waals surface area contributed by atoms with Crippen LogP contribution in [0.2, 0.25) is 0 Å². The standard InChI is InChI=1S/C7H11N.C6H8S/c1-3-7-4-6(2)5-8-7;1-2-6-4-3-5-7-6/h4H,3,5H2,1-2H3;3-5H,2H2,1H3. The Morgan fingerprint density at radius 1 is 1.33 bits per heavy atom. The molecule has 0 atom stereocenters. The molecule has 2 heteroatoms. The summed E-state index contributed by atoms with van der Waals surface area (Å²) in [5.41, 5.74) is 2.64. The van der Waals surface area contributed by atoms with Gasteiger partial charge in [-0.15, -0.1) is 11.3 Å². The topological polar surface area (TPSA) is 12.4 Å². The highest BCUT2D eigenvalue weighted by Gasteiger charge is 1.99. The van der Waals surface area contributed by atoms with Gasteiger partial charge in [-0.25, -0.2) is 0 Å². The van der Waals surface area contributed by atoms with Crippen molar-refractivity contribution in [2.24, 2.45) is 4.99 Å². The Bertz CT molecular complexity index is 333. The quantitative estimate of drug-likeness (QED) is 0.712. The number of nitrogens with zero attached hydrogens (tertiary/aromatic N) is 1. The Balaban J connectivity index is 0.000000151. The minimum absolute atomic E-state index is 0.934. The van der Waals surface area contributed by atoms with E-state index < -0.39 is 0 Å². The van der Waals surface area contributed by atoms with Gasteiger partial charge in [-0.1, -0.05) is 25.5 Å². The van der Waals surface area contributed by atoms with Gasteiger partial charge in [0.05, 0.1) is 6.54 Å². The van der Waals surface area contributed by atoms with Gasteiger partial charge in [-0.2, -0.15) is 0 Å². The van der Waals surface area contributed by atoms with Crippen LogP contribution in [-0.4, -0.2) is 12.3 Å². The lowest BCUT2D eigenvalue weighted by Crippen LogP contribution is -1.83. The van der Waals surface area contributed by atoms with Crippen LogP contribution in [0.25, 0.3) is 0 Å². The van der Waals surface area contributed by atoms with Crippen molar-refractivity contribution >= 4 is 17.0 Å². The minimum atomic E-state index is 0.934. The summed E-state index contributed by atoms with van der Waals surface area (Å²) in [6, 6.07) is 4.24. The van der Waals surface area contributed by atoms with Gasteiger partial charge in [0.15, 0.2) is 0 Å². The first-order chi connectivity index (χ1) is 7.26. The molecule has 1 aliphatic rings. The maximum Gasteiger partial charge on any atom is 0.0603 e. The molecule has 1 nitrogen and oxygen atoms in total. The zero-order chi connectivity index (χ0) is 11.1. The lowest BCUT2D eigenvalue weighted by Gasteiger charge is -1.83. The van der Waals surface area contributed by atoms with Crippen LogP contribution in [0.15, 0.2) is 34.2 Å². The molecule has 82 valence electrons. The van der Waals surface area contributed by atoms with Crippen molar-refractivity contribution in [3.05, 3.63) is 34.0 Å². The van der Waals surface area contributed by atoms with E-state index >= 15 is 0 Å². The van der Waals surface area contributed by atoms with Gasteiger partial charge in [0.2, 0.25) is 0 Å². The predicted octanol–water partition coefficient (Wildman–Crippen LogP) is 4.11. The normalized spacial score (nSPS) is 14.1. The Morgan fingerprint density at radius 2 is 2.13 bits per heavy atom. The minimum Gasteiger partial charge on any atom is -0.285 e. The predicted molar refractivity (Wildman–Crippen MR) is 70.0 cm³/mol. The van der Waals surface area contributed by atoms with Crippen LogP contribution in [0.1, 0.15) is 32.1 Å². The molecule has 0 N–H and O–H groups in total. The molecule has 0 saturated carbocycles. The molecule has 0 spiro atoms. The number of aliphatic imine (C=N–C) groups is 1. The van der Waals surface area contributed by atoms with Crippen molar-refractivity contribution in [2.75, 3.05) is 6.54 Å². The van der Waals surface area contributed by atoms with Crippen LogP contribution in [0.3, 0.4) is 0 Å². The van der Waals surface area contributed by atoms with Crippen molar-refractivity contribution < 1.29 is 0 Å². The largest absolute Gasteiger partial charge is 0.285 e. The third-order valence-corrected chi connectivity index (χ3v) is 3.26. The summed E-state index contributed by atoms with van der Waals surface area (Å²) in [5, 5.41) is 2.11. The van der Waals surface area contributed by atoms with E-state index in [4.69, 9.17) is 0 Å². The molecule has 2 heterocycles. The molecule has 0 amide bonds. The molecule has 0 saturated heterocycles. The second kappa shape index (κ2) is 6.57. The maximum absolute atomic E-state index is 4.26. The van der Waals surface area contributed by atoms with E-state index in [-0.39, 0.29) is 0 Å². The summed E-state index contributed by atoms with van der Waals surface area (Å²) in [6.45, 7) is 7.36. The lowest BCUT2D eigenvalue weighted by molar-refractivity contribution is 1.16. The number of thiophene rings is 1. The van der Waals surface area contributed by atoms with Crippen LogP contribution in [-0.2, 0) is 6.42 Å². The first-order valence-corrected chi connectivity index (χ1v) is 6.37. The van der Waals surface area contributed by atoms with Crippen molar-refractivity contribution in [1.82, 2.24) is 0 Å². The third-order valence-electron chi connectivity index (χ3n) is 2.24. The molecule has 15 heavy (non-hydrogen) atoms. The molecule has 0 fully saturated rings. The van der Waals surface area contributed by atoms with Gasteiger partial charge in [-0.3, -0.25) is 4.99 Å². The van der Waals surface area contributed by atoms with E-state index in [9.17, 15) is 0 Å². The molecule has 0 unspecified atom stereocenters. The summed E-state index contributed by atoms with van der Waals surface area (Å²) >= 11 is 1.82. The summed E-state index contributed by atoms with van der Waals surface area (Å²) in [6.07, 6.45) is 4.43. The first kappa shape index (κ1) is 12.2. The summed E-state index contributed by atoms with van der Waals surface area (Å²) < 4.78 is 0. The van der Waals surface area contributed by atoms with Gasteiger partial charge in [0, 0.05) is 10.6 Å². The molecular formula is C13H19NS. The summed E-state index contributed by atoms with van der Waals surface area (Å²) in [7, 11) is 0. The van der Waals surface area contributed by atoms with Gasteiger partial charge in [0.1, 0.15) is 0 Å². The molecule has 1 aromatic rings. The molecule has 0 bridgehead atoms. The average molecular weight is 221 g/mol. The number of hydrogen-bond acceptors (Lipinski definition) is 2. The number of rotatable bonds is 2. The molecule has 0 aromatic carbocycles. The number of hydrogen-bond donors (Lipinski definition) is 0. The van der Waals surface area contributed by atoms with E-state index in [1.165, 1.54) is 22.6 Å². The highest BCUT2D eigenvalue weighted by Crippen LogP contribution is 2.07. The molecule has 1 aliphatic heterocycles. The molecule has 0 aliphatic carbocycles. The van der Waals surface area contributed by atoms with Crippen LogP contribution < -0.4 is 0 Å². The van der Waals surface area contributed by atoms with Crippen LogP contribution in [0.4, 0.5) is 0 Å². The molecule has 1 aromatic heterocycles. The number of allylic oxidation sites excluding steroid dienone is 1. The first-order valence-electron chi connectivity index (χ1n) is 5.49.